The maximum atomic E-state index is 2.26. The summed E-state index contributed by atoms with van der Waals surface area (Å²) in [5.74, 6) is 0. The largest absolute Gasteiger partial charge is 0.151 e. The molecule has 1 aromatic heterocycles. The molecule has 0 saturated heterocycles. The molecule has 0 saturated carbocycles. The van der Waals surface area contributed by atoms with Gasteiger partial charge in [0.1, 0.15) is 0 Å². The summed E-state index contributed by atoms with van der Waals surface area (Å²) in [6, 6.07) is 18.1. The predicted octanol–water partition coefficient (Wildman–Crippen LogP) is 7.68. The average molecular weight is 349 g/mol. The third-order valence-corrected chi connectivity index (χ3v) is 5.53. The monoisotopic (exact) mass is 348 g/mol. The fourth-order valence-electron chi connectivity index (χ4n) is 3.04. The Kier molecular flexibility index (Phi) is 4.64. The van der Waals surface area contributed by atoms with Crippen LogP contribution in [-0.2, 0) is 10.8 Å². The molecule has 130 valence electrons. The second-order valence-electron chi connectivity index (χ2n) is 8.85. The van der Waals surface area contributed by atoms with Crippen LogP contribution in [-0.4, -0.2) is 0 Å². The van der Waals surface area contributed by atoms with Gasteiger partial charge in [-0.25, -0.2) is 0 Å². The van der Waals surface area contributed by atoms with E-state index in [4.69, 9.17) is 0 Å². The van der Waals surface area contributed by atoms with Gasteiger partial charge in [-0.05, 0) is 43.8 Å². The number of thiophene rings is 1. The fourth-order valence-corrected chi connectivity index (χ4v) is 3.91. The van der Waals surface area contributed by atoms with Gasteiger partial charge in [0, 0.05) is 11.1 Å². The van der Waals surface area contributed by atoms with E-state index in [9.17, 15) is 0 Å². The van der Waals surface area contributed by atoms with Crippen molar-refractivity contribution in [3.63, 3.8) is 0 Å². The number of benzene rings is 2. The Morgan fingerprint density at radius 1 is 0.520 bits per heavy atom. The van der Waals surface area contributed by atoms with Crippen LogP contribution < -0.4 is 0 Å². The van der Waals surface area contributed by atoms with Gasteiger partial charge in [-0.3, -0.25) is 0 Å². The summed E-state index contributed by atoms with van der Waals surface area (Å²) < 4.78 is 0. The molecule has 0 nitrogen and oxygen atoms in total. The van der Waals surface area contributed by atoms with Crippen LogP contribution in [0.1, 0.15) is 52.7 Å². The lowest BCUT2D eigenvalue weighted by Crippen LogP contribution is -2.10. The first-order valence-corrected chi connectivity index (χ1v) is 9.88. The highest BCUT2D eigenvalue weighted by Gasteiger charge is 2.16. The highest BCUT2D eigenvalue weighted by molar-refractivity contribution is 7.08. The molecule has 0 bridgehead atoms. The van der Waals surface area contributed by atoms with Crippen LogP contribution >= 0.6 is 11.3 Å². The van der Waals surface area contributed by atoms with E-state index in [0.29, 0.717) is 0 Å². The van der Waals surface area contributed by atoms with E-state index in [2.05, 4.69) is 101 Å². The summed E-state index contributed by atoms with van der Waals surface area (Å²) in [6.45, 7) is 13.6. The van der Waals surface area contributed by atoms with E-state index in [-0.39, 0.29) is 10.8 Å². The summed E-state index contributed by atoms with van der Waals surface area (Å²) in [4.78, 5) is 0. The number of hydrogen-bond acceptors (Lipinski definition) is 1. The lowest BCUT2D eigenvalue weighted by atomic mass is 9.85. The number of rotatable bonds is 2. The van der Waals surface area contributed by atoms with Crippen molar-refractivity contribution < 1.29 is 0 Å². The van der Waals surface area contributed by atoms with Crippen molar-refractivity contribution in [1.82, 2.24) is 0 Å². The molecule has 2 aromatic carbocycles. The number of hydrogen-bond donors (Lipinski definition) is 0. The van der Waals surface area contributed by atoms with Gasteiger partial charge in [0.2, 0.25) is 0 Å². The maximum Gasteiger partial charge on any atom is 0.000184 e. The zero-order chi connectivity index (χ0) is 18.2. The van der Waals surface area contributed by atoms with Crippen LogP contribution in [0.5, 0.6) is 0 Å². The molecule has 1 heterocycles. The molecule has 0 fully saturated rings. The van der Waals surface area contributed by atoms with E-state index in [1.54, 1.807) is 11.3 Å². The first-order valence-electron chi connectivity index (χ1n) is 8.94. The molecule has 25 heavy (non-hydrogen) atoms. The maximum absolute atomic E-state index is 2.26. The minimum atomic E-state index is 0.193. The molecule has 0 aliphatic heterocycles. The van der Waals surface area contributed by atoms with Gasteiger partial charge in [0.25, 0.3) is 0 Å². The Morgan fingerprint density at radius 3 is 1.12 bits per heavy atom. The zero-order valence-electron chi connectivity index (χ0n) is 16.2. The Labute approximate surface area is 156 Å². The van der Waals surface area contributed by atoms with E-state index >= 15 is 0 Å². The topological polar surface area (TPSA) is 0 Å². The van der Waals surface area contributed by atoms with Crippen molar-refractivity contribution in [1.29, 1.82) is 0 Å². The van der Waals surface area contributed by atoms with Crippen molar-refractivity contribution >= 4 is 11.3 Å². The normalized spacial score (nSPS) is 12.4. The second-order valence-corrected chi connectivity index (χ2v) is 9.60. The third kappa shape index (κ3) is 3.88. The minimum Gasteiger partial charge on any atom is -0.151 e. The van der Waals surface area contributed by atoms with Crippen LogP contribution in [0.25, 0.3) is 22.3 Å². The van der Waals surface area contributed by atoms with Crippen molar-refractivity contribution in [2.75, 3.05) is 0 Å². The van der Waals surface area contributed by atoms with Crippen molar-refractivity contribution in [3.8, 4) is 22.3 Å². The summed E-state index contributed by atoms with van der Waals surface area (Å²) in [5, 5.41) is 4.53. The Balaban J connectivity index is 1.96. The Bertz CT molecular complexity index is 763. The van der Waals surface area contributed by atoms with E-state index < -0.39 is 0 Å². The van der Waals surface area contributed by atoms with Crippen LogP contribution in [0.3, 0.4) is 0 Å². The lowest BCUT2D eigenvalue weighted by Gasteiger charge is -2.20. The van der Waals surface area contributed by atoms with E-state index in [0.717, 1.165) is 0 Å². The van der Waals surface area contributed by atoms with Gasteiger partial charge in [-0.2, -0.15) is 11.3 Å². The van der Waals surface area contributed by atoms with Gasteiger partial charge in [-0.15, -0.1) is 0 Å². The third-order valence-electron chi connectivity index (χ3n) is 4.79. The summed E-state index contributed by atoms with van der Waals surface area (Å²) in [5.41, 5.74) is 8.39. The smallest absolute Gasteiger partial charge is 0.000184 e. The van der Waals surface area contributed by atoms with Crippen molar-refractivity contribution in [2.45, 2.75) is 52.4 Å². The predicted molar refractivity (Wildman–Crippen MR) is 113 cm³/mol. The molecule has 0 amide bonds. The molecule has 0 atom stereocenters. The zero-order valence-corrected chi connectivity index (χ0v) is 17.0. The first kappa shape index (κ1) is 17.9. The molecular formula is C24H28S. The van der Waals surface area contributed by atoms with Crippen molar-refractivity contribution in [2.24, 2.45) is 0 Å². The molecule has 0 unspecified atom stereocenters. The second kappa shape index (κ2) is 6.46. The van der Waals surface area contributed by atoms with E-state index in [1.807, 2.05) is 0 Å². The molecule has 0 N–H and O–H groups in total. The van der Waals surface area contributed by atoms with Crippen molar-refractivity contribution in [3.05, 3.63) is 70.4 Å². The summed E-state index contributed by atoms with van der Waals surface area (Å²) in [7, 11) is 0. The molecule has 3 rings (SSSR count). The lowest BCUT2D eigenvalue weighted by molar-refractivity contribution is 0.590. The fraction of sp³-hybridized carbons (Fsp3) is 0.333. The molecule has 3 aromatic rings. The highest BCUT2D eigenvalue weighted by atomic mass is 32.1. The average Bonchev–Trinajstić information content (AvgIpc) is 3.03. The van der Waals surface area contributed by atoms with Gasteiger partial charge >= 0.3 is 0 Å². The van der Waals surface area contributed by atoms with Crippen LogP contribution in [0, 0.1) is 0 Å². The van der Waals surface area contributed by atoms with E-state index in [1.165, 1.54) is 33.4 Å². The molecule has 0 aliphatic rings. The molecule has 0 radical (unpaired) electrons. The van der Waals surface area contributed by atoms with Gasteiger partial charge in [0.15, 0.2) is 0 Å². The Morgan fingerprint density at radius 2 is 0.840 bits per heavy atom. The van der Waals surface area contributed by atoms with Crippen LogP contribution in [0.2, 0.25) is 0 Å². The minimum absolute atomic E-state index is 0.193. The molecule has 0 spiro atoms. The van der Waals surface area contributed by atoms with Crippen LogP contribution in [0.4, 0.5) is 0 Å². The van der Waals surface area contributed by atoms with Gasteiger partial charge < -0.3 is 0 Å². The quantitative estimate of drug-likeness (QED) is 0.445. The standard InChI is InChI=1S/C24H28S/c1-23(2,3)19-11-7-17(8-12-19)21-15-25-16-22(21)18-9-13-20(14-10-18)24(4,5)6/h7-16H,1-6H3. The molecule has 0 aliphatic carbocycles. The summed E-state index contributed by atoms with van der Waals surface area (Å²) in [6.07, 6.45) is 0. The molecular weight excluding hydrogens is 320 g/mol. The molecule has 1 heteroatoms. The first-order chi connectivity index (χ1) is 11.7. The highest BCUT2D eigenvalue weighted by Crippen LogP contribution is 2.37. The summed E-state index contributed by atoms with van der Waals surface area (Å²) >= 11 is 1.78. The van der Waals surface area contributed by atoms with Gasteiger partial charge in [0.05, 0.1) is 0 Å². The Hall–Kier alpha value is -1.86. The SMILES string of the molecule is CC(C)(C)c1ccc(-c2cscc2-c2ccc(C(C)(C)C)cc2)cc1. The van der Waals surface area contributed by atoms with Gasteiger partial charge in [-0.1, -0.05) is 90.1 Å². The van der Waals surface area contributed by atoms with Crippen LogP contribution in [0.15, 0.2) is 59.3 Å².